The predicted molar refractivity (Wildman–Crippen MR) is 71.4 cm³/mol. The molecule has 4 nitrogen and oxygen atoms in total. The maximum absolute atomic E-state index is 11.9. The molecule has 0 aromatic heterocycles. The maximum Gasteiger partial charge on any atom is 0.321 e. The molecule has 2 amide bonds. The summed E-state index contributed by atoms with van der Waals surface area (Å²) in [5.41, 5.74) is 0.793. The number of carbonyl (C=O) groups is 1. The molecule has 1 saturated carbocycles. The fraction of sp³-hybridized carbons (Fsp3) is 0.500. The van der Waals surface area contributed by atoms with Crippen LogP contribution in [0.25, 0.3) is 0 Å². The third-order valence-corrected chi connectivity index (χ3v) is 3.50. The second-order valence-electron chi connectivity index (χ2n) is 4.94. The van der Waals surface area contributed by atoms with Crippen LogP contribution in [-0.4, -0.2) is 35.7 Å². The Morgan fingerprint density at radius 1 is 1.39 bits per heavy atom. The quantitative estimate of drug-likeness (QED) is 0.862. The summed E-state index contributed by atoms with van der Waals surface area (Å²) < 4.78 is 0. The van der Waals surface area contributed by atoms with E-state index in [0.29, 0.717) is 6.54 Å². The molecule has 1 aliphatic rings. The number of hydrogen-bond acceptors (Lipinski definition) is 2. The average Bonchev–Trinajstić information content (AvgIpc) is 2.76. The van der Waals surface area contributed by atoms with E-state index in [1.807, 2.05) is 30.3 Å². The van der Waals surface area contributed by atoms with E-state index in [-0.39, 0.29) is 18.1 Å². The number of rotatable bonds is 3. The lowest BCUT2D eigenvalue weighted by molar-refractivity contribution is 0.116. The van der Waals surface area contributed by atoms with Crippen LogP contribution in [0.2, 0.25) is 0 Å². The van der Waals surface area contributed by atoms with Gasteiger partial charge >= 0.3 is 6.03 Å². The number of para-hydroxylation sites is 1. The zero-order chi connectivity index (χ0) is 13.0. The molecular weight excluding hydrogens is 228 g/mol. The van der Waals surface area contributed by atoms with Crippen molar-refractivity contribution in [2.75, 3.05) is 18.9 Å². The molecule has 1 aromatic rings. The van der Waals surface area contributed by atoms with Gasteiger partial charge in [0.25, 0.3) is 0 Å². The first-order valence-corrected chi connectivity index (χ1v) is 6.42. The number of urea groups is 1. The highest BCUT2D eigenvalue weighted by Crippen LogP contribution is 2.26. The van der Waals surface area contributed by atoms with Gasteiger partial charge in [0.15, 0.2) is 0 Å². The van der Waals surface area contributed by atoms with Gasteiger partial charge in [0.05, 0.1) is 6.10 Å². The van der Waals surface area contributed by atoms with E-state index in [0.717, 1.165) is 24.9 Å². The van der Waals surface area contributed by atoms with Gasteiger partial charge in [0.1, 0.15) is 0 Å². The van der Waals surface area contributed by atoms with Crippen LogP contribution in [0.4, 0.5) is 10.5 Å². The first-order valence-electron chi connectivity index (χ1n) is 6.42. The van der Waals surface area contributed by atoms with Crippen LogP contribution in [0.3, 0.4) is 0 Å². The highest BCUT2D eigenvalue weighted by molar-refractivity contribution is 5.89. The van der Waals surface area contributed by atoms with E-state index in [1.165, 1.54) is 0 Å². The minimum Gasteiger partial charge on any atom is -0.393 e. The Hall–Kier alpha value is -1.55. The lowest BCUT2D eigenvalue weighted by Crippen LogP contribution is -2.37. The number of aliphatic hydroxyl groups is 1. The Labute approximate surface area is 108 Å². The van der Waals surface area contributed by atoms with Crippen LogP contribution in [0.1, 0.15) is 19.3 Å². The number of benzene rings is 1. The zero-order valence-electron chi connectivity index (χ0n) is 10.7. The number of nitrogens with zero attached hydrogens (tertiary/aromatic N) is 1. The molecule has 0 aliphatic heterocycles. The minimum atomic E-state index is -0.253. The van der Waals surface area contributed by atoms with Gasteiger partial charge in [-0.2, -0.15) is 0 Å². The van der Waals surface area contributed by atoms with Gasteiger partial charge in [0, 0.05) is 25.2 Å². The van der Waals surface area contributed by atoms with Gasteiger partial charge in [-0.25, -0.2) is 4.79 Å². The molecule has 0 heterocycles. The highest BCUT2D eigenvalue weighted by atomic mass is 16.3. The second-order valence-corrected chi connectivity index (χ2v) is 4.94. The minimum absolute atomic E-state index is 0.125. The van der Waals surface area contributed by atoms with E-state index in [1.54, 1.807) is 11.9 Å². The van der Waals surface area contributed by atoms with Crippen molar-refractivity contribution in [3.05, 3.63) is 30.3 Å². The molecule has 0 saturated heterocycles. The van der Waals surface area contributed by atoms with Crippen molar-refractivity contribution in [1.29, 1.82) is 0 Å². The van der Waals surface area contributed by atoms with E-state index < -0.39 is 0 Å². The Morgan fingerprint density at radius 2 is 2.11 bits per heavy atom. The molecule has 18 heavy (non-hydrogen) atoms. The third kappa shape index (κ3) is 3.23. The molecule has 0 spiro atoms. The second kappa shape index (κ2) is 5.87. The van der Waals surface area contributed by atoms with Crippen molar-refractivity contribution in [1.82, 2.24) is 4.90 Å². The van der Waals surface area contributed by atoms with Crippen LogP contribution < -0.4 is 5.32 Å². The highest BCUT2D eigenvalue weighted by Gasteiger charge is 2.27. The van der Waals surface area contributed by atoms with Gasteiger partial charge in [-0.1, -0.05) is 24.6 Å². The van der Waals surface area contributed by atoms with Crippen LogP contribution >= 0.6 is 0 Å². The number of anilines is 1. The van der Waals surface area contributed by atoms with Crippen molar-refractivity contribution in [3.63, 3.8) is 0 Å². The van der Waals surface area contributed by atoms with Crippen molar-refractivity contribution < 1.29 is 9.90 Å². The molecule has 0 bridgehead atoms. The molecular formula is C14H20N2O2. The molecule has 1 aliphatic carbocycles. The zero-order valence-corrected chi connectivity index (χ0v) is 10.7. The van der Waals surface area contributed by atoms with Crippen molar-refractivity contribution >= 4 is 11.7 Å². The summed E-state index contributed by atoms with van der Waals surface area (Å²) in [5.74, 6) is 0.219. The van der Waals surface area contributed by atoms with Gasteiger partial charge in [-0.3, -0.25) is 0 Å². The Kier molecular flexibility index (Phi) is 4.20. The molecule has 98 valence electrons. The molecule has 1 aromatic carbocycles. The Bertz CT molecular complexity index is 394. The summed E-state index contributed by atoms with van der Waals surface area (Å²) in [5, 5.41) is 12.6. The van der Waals surface area contributed by atoms with Crippen molar-refractivity contribution in [2.24, 2.45) is 5.92 Å². The summed E-state index contributed by atoms with van der Waals surface area (Å²) in [6, 6.07) is 9.27. The fourth-order valence-electron chi connectivity index (χ4n) is 2.41. The summed E-state index contributed by atoms with van der Waals surface area (Å²) >= 11 is 0. The molecule has 2 atom stereocenters. The van der Waals surface area contributed by atoms with Gasteiger partial charge in [-0.05, 0) is 25.0 Å². The van der Waals surface area contributed by atoms with Gasteiger partial charge in [-0.15, -0.1) is 0 Å². The number of aliphatic hydroxyl groups excluding tert-OH is 1. The largest absolute Gasteiger partial charge is 0.393 e. The lowest BCUT2D eigenvalue weighted by atomic mass is 10.1. The molecule has 1 fully saturated rings. The van der Waals surface area contributed by atoms with Crippen LogP contribution in [0.5, 0.6) is 0 Å². The summed E-state index contributed by atoms with van der Waals surface area (Å²) in [6.45, 7) is 0.611. The maximum atomic E-state index is 11.9. The van der Waals surface area contributed by atoms with Gasteiger partial charge < -0.3 is 15.3 Å². The summed E-state index contributed by atoms with van der Waals surface area (Å²) in [6.07, 6.45) is 2.67. The first kappa shape index (κ1) is 12.9. The lowest BCUT2D eigenvalue weighted by Gasteiger charge is -2.23. The predicted octanol–water partition coefficient (Wildman–Crippen LogP) is 2.31. The molecule has 2 rings (SSSR count). The van der Waals surface area contributed by atoms with Gasteiger partial charge in [0.2, 0.25) is 0 Å². The number of nitrogens with one attached hydrogen (secondary N) is 1. The Balaban J connectivity index is 1.85. The van der Waals surface area contributed by atoms with Crippen LogP contribution in [0, 0.1) is 5.92 Å². The standard InChI is InChI=1S/C14H20N2O2/c1-16(10-11-6-5-9-13(11)17)14(18)15-12-7-3-2-4-8-12/h2-4,7-8,11,13,17H,5-6,9-10H2,1H3,(H,15,18). The van der Waals surface area contributed by atoms with E-state index in [9.17, 15) is 9.90 Å². The average molecular weight is 248 g/mol. The van der Waals surface area contributed by atoms with Crippen molar-refractivity contribution in [3.8, 4) is 0 Å². The van der Waals surface area contributed by atoms with Crippen molar-refractivity contribution in [2.45, 2.75) is 25.4 Å². The van der Waals surface area contributed by atoms with Crippen LogP contribution in [-0.2, 0) is 0 Å². The fourth-order valence-corrected chi connectivity index (χ4v) is 2.41. The molecule has 4 heteroatoms. The summed E-state index contributed by atoms with van der Waals surface area (Å²) in [4.78, 5) is 13.6. The number of carbonyl (C=O) groups excluding carboxylic acids is 1. The monoisotopic (exact) mass is 248 g/mol. The topological polar surface area (TPSA) is 52.6 Å². The molecule has 0 radical (unpaired) electrons. The van der Waals surface area contributed by atoms with E-state index in [2.05, 4.69) is 5.32 Å². The smallest absolute Gasteiger partial charge is 0.321 e. The third-order valence-electron chi connectivity index (χ3n) is 3.50. The number of amides is 2. The summed E-state index contributed by atoms with van der Waals surface area (Å²) in [7, 11) is 1.77. The van der Waals surface area contributed by atoms with E-state index >= 15 is 0 Å². The molecule has 2 unspecified atom stereocenters. The number of hydrogen-bond donors (Lipinski definition) is 2. The van der Waals surface area contributed by atoms with Crippen LogP contribution in [0.15, 0.2) is 30.3 Å². The Morgan fingerprint density at radius 3 is 2.72 bits per heavy atom. The first-order chi connectivity index (χ1) is 8.66. The normalized spacial score (nSPS) is 22.8. The van der Waals surface area contributed by atoms with E-state index in [4.69, 9.17) is 0 Å². The molecule has 2 N–H and O–H groups in total. The SMILES string of the molecule is CN(CC1CCCC1O)C(=O)Nc1ccccc1.